The average Bonchev–Trinajstić information content (AvgIpc) is 2.77. The summed E-state index contributed by atoms with van der Waals surface area (Å²) in [6.07, 6.45) is 0. The molecule has 1 aliphatic rings. The molecular formula is C32H65N3O6. The number of amides is 3. The summed E-state index contributed by atoms with van der Waals surface area (Å²) < 4.78 is 5.17. The number of carbonyl (C=O) groups is 5. The first-order chi connectivity index (χ1) is 17.8. The number of nitrogens with one attached hydrogen (secondary N) is 1. The number of carbonyl (C=O) groups excluding carboxylic acids is 5. The van der Waals surface area contributed by atoms with Crippen LogP contribution in [0.5, 0.6) is 0 Å². The lowest BCUT2D eigenvalue weighted by Crippen LogP contribution is -2.45. The monoisotopic (exact) mass is 587 g/mol. The molecule has 0 saturated carbocycles. The minimum Gasteiger partial charge on any atom is -0.378 e. The van der Waals surface area contributed by atoms with E-state index in [4.69, 9.17) is 10.5 Å². The third-order valence-corrected chi connectivity index (χ3v) is 5.70. The van der Waals surface area contributed by atoms with Crippen LogP contribution in [0.4, 0.5) is 0 Å². The summed E-state index contributed by atoms with van der Waals surface area (Å²) in [5.74, 6) is 0.538. The largest absolute Gasteiger partial charge is 0.378 e. The molecule has 9 heteroatoms. The smallest absolute Gasteiger partial charge is 0.228 e. The lowest BCUT2D eigenvalue weighted by Gasteiger charge is -2.32. The van der Waals surface area contributed by atoms with Crippen LogP contribution in [0.15, 0.2) is 0 Å². The molecule has 9 nitrogen and oxygen atoms in total. The maximum atomic E-state index is 11.7. The highest BCUT2D eigenvalue weighted by Crippen LogP contribution is 2.18. The van der Waals surface area contributed by atoms with Gasteiger partial charge in [0.1, 0.15) is 11.6 Å². The Kier molecular flexibility index (Phi) is 21.2. The van der Waals surface area contributed by atoms with Crippen LogP contribution in [0.25, 0.3) is 0 Å². The minimum absolute atomic E-state index is 0.0810. The van der Waals surface area contributed by atoms with Crippen molar-refractivity contribution in [3.8, 4) is 0 Å². The molecule has 0 aromatic heterocycles. The third-order valence-electron chi connectivity index (χ3n) is 5.70. The first-order valence-corrected chi connectivity index (χ1v) is 14.2. The summed E-state index contributed by atoms with van der Waals surface area (Å²) in [5, 5.41) is 2.57. The standard InChI is InChI=1S/C9H17NO2.C6H13NO.2C6H12O.C5H11NO/c1-9(2,3)8(11)10-4-6-12-7-5-10;1-6(2,3)5(8)7-4;2*1-5(7)6(2,3)4;1-5(2,3)4(6)7/h4-7H2,1-3H3;1-4H3,(H,7,8);2*1-4H3;1-3H3,(H2,6,7). The van der Waals surface area contributed by atoms with Crippen LogP contribution in [0.1, 0.15) is 118 Å². The van der Waals surface area contributed by atoms with Crippen molar-refractivity contribution < 1.29 is 28.7 Å². The van der Waals surface area contributed by atoms with Gasteiger partial charge in [0.25, 0.3) is 0 Å². The molecule has 0 spiro atoms. The molecule has 0 unspecified atom stereocenters. The fourth-order valence-corrected chi connectivity index (χ4v) is 1.62. The Labute approximate surface area is 252 Å². The van der Waals surface area contributed by atoms with Crippen molar-refractivity contribution in [2.45, 2.75) is 118 Å². The Morgan fingerprint density at radius 2 is 0.854 bits per heavy atom. The van der Waals surface area contributed by atoms with Crippen molar-refractivity contribution in [3.63, 3.8) is 0 Å². The highest BCUT2D eigenvalue weighted by Gasteiger charge is 2.28. The summed E-state index contributed by atoms with van der Waals surface area (Å²) >= 11 is 0. The van der Waals surface area contributed by atoms with E-state index in [9.17, 15) is 24.0 Å². The highest BCUT2D eigenvalue weighted by atomic mass is 16.5. The van der Waals surface area contributed by atoms with Gasteiger partial charge in [-0.1, -0.05) is 104 Å². The number of nitrogens with zero attached hydrogens (tertiary/aromatic N) is 1. The third kappa shape index (κ3) is 27.6. The van der Waals surface area contributed by atoms with Gasteiger partial charge in [0.05, 0.1) is 13.2 Å². The molecule has 0 aliphatic carbocycles. The van der Waals surface area contributed by atoms with Crippen molar-refractivity contribution in [3.05, 3.63) is 0 Å². The molecule has 0 atom stereocenters. The van der Waals surface area contributed by atoms with Gasteiger partial charge in [-0.05, 0) is 13.8 Å². The van der Waals surface area contributed by atoms with E-state index >= 15 is 0 Å². The molecule has 1 rings (SSSR count). The lowest BCUT2D eigenvalue weighted by molar-refractivity contribution is -0.143. The second-order valence-electron chi connectivity index (χ2n) is 15.2. The van der Waals surface area contributed by atoms with Gasteiger partial charge in [0.15, 0.2) is 0 Å². The number of primary amides is 1. The number of hydrogen-bond donors (Lipinski definition) is 2. The van der Waals surface area contributed by atoms with Crippen LogP contribution < -0.4 is 11.1 Å². The fourth-order valence-electron chi connectivity index (χ4n) is 1.62. The number of rotatable bonds is 0. The maximum absolute atomic E-state index is 11.7. The van der Waals surface area contributed by atoms with Crippen molar-refractivity contribution in [2.75, 3.05) is 33.4 Å². The quantitative estimate of drug-likeness (QED) is 0.388. The predicted molar refractivity (Wildman–Crippen MR) is 169 cm³/mol. The summed E-state index contributed by atoms with van der Waals surface area (Å²) in [6.45, 7) is 34.4. The molecule has 3 amide bonds. The van der Waals surface area contributed by atoms with E-state index in [0.717, 1.165) is 13.1 Å². The number of nitrogens with two attached hydrogens (primary N) is 1. The zero-order chi connectivity index (χ0) is 34.2. The van der Waals surface area contributed by atoms with E-state index < -0.39 is 0 Å². The Morgan fingerprint density at radius 1 is 0.585 bits per heavy atom. The lowest BCUT2D eigenvalue weighted by atomic mass is 9.92. The van der Waals surface area contributed by atoms with Gasteiger partial charge in [0, 0.05) is 47.2 Å². The van der Waals surface area contributed by atoms with Crippen molar-refractivity contribution in [1.82, 2.24) is 10.2 Å². The second kappa shape index (κ2) is 19.0. The number of hydrogen-bond acceptors (Lipinski definition) is 6. The van der Waals surface area contributed by atoms with Gasteiger partial charge in [-0.15, -0.1) is 0 Å². The van der Waals surface area contributed by atoms with Crippen molar-refractivity contribution >= 4 is 29.3 Å². The van der Waals surface area contributed by atoms with E-state index in [1.807, 2.05) is 88.0 Å². The maximum Gasteiger partial charge on any atom is 0.228 e. The van der Waals surface area contributed by atoms with E-state index in [1.165, 1.54) is 0 Å². The molecule has 0 aromatic carbocycles. The topological polar surface area (TPSA) is 136 Å². The first kappa shape index (κ1) is 45.7. The van der Waals surface area contributed by atoms with Gasteiger partial charge >= 0.3 is 0 Å². The molecule has 3 N–H and O–H groups in total. The van der Waals surface area contributed by atoms with Crippen LogP contribution in [-0.4, -0.2) is 67.5 Å². The summed E-state index contributed by atoms with van der Waals surface area (Å²) in [7, 11) is 1.65. The van der Waals surface area contributed by atoms with E-state index in [0.29, 0.717) is 13.2 Å². The van der Waals surface area contributed by atoms with Crippen LogP contribution in [0.3, 0.4) is 0 Å². The van der Waals surface area contributed by atoms with Crippen LogP contribution >= 0.6 is 0 Å². The zero-order valence-electron chi connectivity index (χ0n) is 29.8. The van der Waals surface area contributed by atoms with Gasteiger partial charge in [0.2, 0.25) is 17.7 Å². The molecule has 1 fully saturated rings. The van der Waals surface area contributed by atoms with Gasteiger partial charge < -0.3 is 20.7 Å². The molecule has 244 valence electrons. The molecule has 0 aromatic rings. The number of ketones is 2. The van der Waals surface area contributed by atoms with E-state index in [1.54, 1.807) is 41.7 Å². The molecule has 0 bridgehead atoms. The van der Waals surface area contributed by atoms with E-state index in [2.05, 4.69) is 5.32 Å². The Morgan fingerprint density at radius 3 is 0.976 bits per heavy atom. The molecule has 1 aliphatic heterocycles. The van der Waals surface area contributed by atoms with Crippen molar-refractivity contribution in [1.29, 1.82) is 0 Å². The zero-order valence-corrected chi connectivity index (χ0v) is 29.8. The molecule has 0 radical (unpaired) electrons. The Hall–Kier alpha value is -2.29. The molecule has 1 saturated heterocycles. The first-order valence-electron chi connectivity index (χ1n) is 14.2. The SMILES string of the molecule is CC(=O)C(C)(C)C.CC(=O)C(C)(C)C.CC(C)(C)C(=O)N1CCOCC1.CC(C)(C)C(N)=O.CNC(=O)C(C)(C)C. The molecular weight excluding hydrogens is 522 g/mol. The number of morpholine rings is 1. The Balaban J connectivity index is -0.000000214. The van der Waals surface area contributed by atoms with Gasteiger partial charge in [-0.25, -0.2) is 0 Å². The van der Waals surface area contributed by atoms with E-state index in [-0.39, 0.29) is 56.4 Å². The normalized spacial score (nSPS) is 13.7. The fraction of sp³-hybridized carbons (Fsp3) is 0.844. The summed E-state index contributed by atoms with van der Waals surface area (Å²) in [6, 6.07) is 0. The molecule has 1 heterocycles. The van der Waals surface area contributed by atoms with Crippen LogP contribution in [-0.2, 0) is 28.7 Å². The molecule has 41 heavy (non-hydrogen) atoms. The minimum atomic E-state index is -0.361. The average molecular weight is 588 g/mol. The predicted octanol–water partition coefficient (Wildman–Crippen LogP) is 5.43. The second-order valence-corrected chi connectivity index (χ2v) is 15.2. The number of Topliss-reactive ketones (excluding diaryl/α,β-unsaturated/α-hetero) is 2. The summed E-state index contributed by atoms with van der Waals surface area (Å²) in [5.41, 5.74) is 3.80. The van der Waals surface area contributed by atoms with Crippen molar-refractivity contribution in [2.24, 2.45) is 32.8 Å². The van der Waals surface area contributed by atoms with Gasteiger partial charge in [-0.2, -0.15) is 0 Å². The number of ether oxygens (including phenoxy) is 1. The van der Waals surface area contributed by atoms with Gasteiger partial charge in [-0.3, -0.25) is 24.0 Å². The highest BCUT2D eigenvalue weighted by molar-refractivity contribution is 5.82. The van der Waals surface area contributed by atoms with Crippen LogP contribution in [0, 0.1) is 27.1 Å². The van der Waals surface area contributed by atoms with Crippen LogP contribution in [0.2, 0.25) is 0 Å². The Bertz CT molecular complexity index is 752. The summed E-state index contributed by atoms with van der Waals surface area (Å²) in [4.78, 5) is 55.5.